The van der Waals surface area contributed by atoms with Crippen LogP contribution in [-0.4, -0.2) is 60.8 Å². The molecule has 1 aromatic carbocycles. The van der Waals surface area contributed by atoms with Crippen LogP contribution in [0, 0.1) is 34.5 Å². The Morgan fingerprint density at radius 1 is 1.03 bits per heavy atom. The molecule has 0 spiro atoms. The molecule has 4 aliphatic carbocycles. The largest absolute Gasteiger partial charge is 0.478 e. The van der Waals surface area contributed by atoms with Gasteiger partial charge in [0.2, 0.25) is 0 Å². The summed E-state index contributed by atoms with van der Waals surface area (Å²) in [6.07, 6.45) is 6.80. The number of carbonyl (C=O) groups is 1. The molecule has 5 heteroatoms. The second kappa shape index (κ2) is 9.37. The van der Waals surface area contributed by atoms with Gasteiger partial charge in [-0.05, 0) is 90.9 Å². The first-order chi connectivity index (χ1) is 16.5. The van der Waals surface area contributed by atoms with Gasteiger partial charge in [-0.1, -0.05) is 34.6 Å². The predicted molar refractivity (Wildman–Crippen MR) is 143 cm³/mol. The van der Waals surface area contributed by atoms with Gasteiger partial charge in [-0.3, -0.25) is 4.90 Å². The van der Waals surface area contributed by atoms with Crippen molar-refractivity contribution in [3.8, 4) is 0 Å². The molecule has 2 bridgehead atoms. The van der Waals surface area contributed by atoms with Gasteiger partial charge >= 0.3 is 5.97 Å². The third-order valence-electron chi connectivity index (χ3n) is 10.6. The molecular formula is C30H47N3O2. The molecule has 0 aromatic heterocycles. The van der Waals surface area contributed by atoms with Crippen molar-refractivity contribution in [1.82, 2.24) is 10.2 Å². The van der Waals surface area contributed by atoms with Gasteiger partial charge in [-0.25, -0.2) is 4.79 Å². The Kier molecular flexibility index (Phi) is 6.71. The molecule has 2 unspecified atom stereocenters. The number of carboxylic acids is 1. The lowest BCUT2D eigenvalue weighted by atomic mass is 9.44. The molecular weight excluding hydrogens is 434 g/mol. The maximum Gasteiger partial charge on any atom is 0.335 e. The van der Waals surface area contributed by atoms with E-state index in [0.717, 1.165) is 55.5 Å². The van der Waals surface area contributed by atoms with Crippen molar-refractivity contribution in [3.05, 3.63) is 29.8 Å². The molecule has 0 amide bonds. The average molecular weight is 482 g/mol. The molecule has 5 fully saturated rings. The fourth-order valence-electron chi connectivity index (χ4n) is 8.13. The van der Waals surface area contributed by atoms with Crippen molar-refractivity contribution in [2.45, 2.75) is 78.8 Å². The Hall–Kier alpha value is -1.59. The third-order valence-corrected chi connectivity index (χ3v) is 10.6. The van der Waals surface area contributed by atoms with E-state index >= 15 is 0 Å². The Morgan fingerprint density at radius 2 is 1.71 bits per heavy atom. The smallest absolute Gasteiger partial charge is 0.335 e. The minimum Gasteiger partial charge on any atom is -0.478 e. The van der Waals surface area contributed by atoms with Gasteiger partial charge in [0, 0.05) is 50.5 Å². The van der Waals surface area contributed by atoms with Crippen molar-refractivity contribution in [1.29, 1.82) is 0 Å². The fourth-order valence-corrected chi connectivity index (χ4v) is 8.13. The van der Waals surface area contributed by atoms with Crippen LogP contribution >= 0.6 is 0 Å². The zero-order chi connectivity index (χ0) is 25.0. The van der Waals surface area contributed by atoms with E-state index in [4.69, 9.17) is 5.11 Å². The number of hydrogen-bond acceptors (Lipinski definition) is 4. The Morgan fingerprint density at radius 3 is 2.31 bits per heavy atom. The highest BCUT2D eigenvalue weighted by atomic mass is 16.4. The van der Waals surface area contributed by atoms with E-state index in [-0.39, 0.29) is 0 Å². The molecule has 1 aromatic rings. The summed E-state index contributed by atoms with van der Waals surface area (Å²) in [6, 6.07) is 8.72. The lowest BCUT2D eigenvalue weighted by molar-refractivity contribution is -0.118. The van der Waals surface area contributed by atoms with Crippen LogP contribution in [0.2, 0.25) is 0 Å². The number of rotatable bonds is 6. The first-order valence-corrected chi connectivity index (χ1v) is 14.1. The number of anilines is 1. The van der Waals surface area contributed by atoms with Crippen molar-refractivity contribution in [3.63, 3.8) is 0 Å². The highest BCUT2D eigenvalue weighted by Crippen LogP contribution is 2.61. The summed E-state index contributed by atoms with van der Waals surface area (Å²) < 4.78 is 0. The maximum atomic E-state index is 11.2. The summed E-state index contributed by atoms with van der Waals surface area (Å²) >= 11 is 0. The summed E-state index contributed by atoms with van der Waals surface area (Å²) in [5.74, 6) is 2.47. The average Bonchev–Trinajstić information content (AvgIpc) is 2.82. The highest BCUT2D eigenvalue weighted by Gasteiger charge is 2.56. The summed E-state index contributed by atoms with van der Waals surface area (Å²) in [5, 5.41) is 13.4. The number of carboxylic acid groups (broad SMARTS) is 1. The predicted octanol–water partition coefficient (Wildman–Crippen LogP) is 5.36. The van der Waals surface area contributed by atoms with Gasteiger partial charge in [-0.15, -0.1) is 0 Å². The summed E-state index contributed by atoms with van der Waals surface area (Å²) in [6.45, 7) is 17.9. The maximum absolute atomic E-state index is 11.2. The molecule has 5 nitrogen and oxygen atoms in total. The van der Waals surface area contributed by atoms with Crippen LogP contribution in [0.1, 0.15) is 77.1 Å². The number of nitrogens with one attached hydrogen (secondary N) is 1. The van der Waals surface area contributed by atoms with E-state index in [9.17, 15) is 4.79 Å². The molecule has 1 saturated heterocycles. The van der Waals surface area contributed by atoms with Crippen molar-refractivity contribution >= 4 is 11.7 Å². The van der Waals surface area contributed by atoms with Gasteiger partial charge in [0.05, 0.1) is 5.56 Å². The van der Waals surface area contributed by atoms with Gasteiger partial charge in [0.1, 0.15) is 0 Å². The van der Waals surface area contributed by atoms with E-state index in [1.54, 1.807) is 12.1 Å². The number of fused-ring (bicyclic) bond motifs is 2. The van der Waals surface area contributed by atoms with Crippen LogP contribution in [-0.2, 0) is 0 Å². The SMILES string of the molecule is C[C@H]1[C@@H](NC2CCC(C)(C)CC2CN2CCN(c3ccc(C(=O)O)cc3)CC2)C[C@H]2C[C@H]1C2(C)C. The van der Waals surface area contributed by atoms with Crippen LogP contribution in [0.15, 0.2) is 24.3 Å². The van der Waals surface area contributed by atoms with Gasteiger partial charge in [0.25, 0.3) is 0 Å². The zero-order valence-corrected chi connectivity index (χ0v) is 22.6. The lowest BCUT2D eigenvalue weighted by Crippen LogP contribution is -2.62. The van der Waals surface area contributed by atoms with Crippen molar-refractivity contribution < 1.29 is 9.90 Å². The van der Waals surface area contributed by atoms with E-state index in [1.807, 2.05) is 12.1 Å². The molecule has 1 heterocycles. The number of hydrogen-bond donors (Lipinski definition) is 2. The highest BCUT2D eigenvalue weighted by molar-refractivity contribution is 5.88. The van der Waals surface area contributed by atoms with Crippen LogP contribution in [0.5, 0.6) is 0 Å². The van der Waals surface area contributed by atoms with Gasteiger partial charge < -0.3 is 15.3 Å². The molecule has 4 saturated carbocycles. The summed E-state index contributed by atoms with van der Waals surface area (Å²) in [5.41, 5.74) is 2.50. The number of aromatic carboxylic acids is 1. The van der Waals surface area contributed by atoms with Crippen molar-refractivity contribution in [2.75, 3.05) is 37.6 Å². The second-order valence-electron chi connectivity index (χ2n) is 13.6. The summed E-state index contributed by atoms with van der Waals surface area (Å²) in [4.78, 5) is 16.2. The zero-order valence-electron chi connectivity index (χ0n) is 22.6. The molecule has 5 aliphatic rings. The Balaban J connectivity index is 1.18. The molecule has 1 aliphatic heterocycles. The third kappa shape index (κ3) is 5.00. The Labute approximate surface area is 212 Å². The number of nitrogens with zero attached hydrogens (tertiary/aromatic N) is 2. The minimum atomic E-state index is -0.858. The standard InChI is InChI=1S/C30H47N3O2/c1-20-25-16-23(30(25,4)5)17-27(20)31-26-10-11-29(2,3)18-22(26)19-32-12-14-33(15-13-32)24-8-6-21(7-9-24)28(34)35/h6-9,20,22-23,25-27,31H,10-19H2,1-5H3,(H,34,35)/t20-,22?,23-,25-,26?,27+/m1/s1. The van der Waals surface area contributed by atoms with E-state index in [0.29, 0.717) is 28.5 Å². The van der Waals surface area contributed by atoms with E-state index < -0.39 is 5.97 Å². The number of piperazine rings is 1. The van der Waals surface area contributed by atoms with Crippen LogP contribution in [0.4, 0.5) is 5.69 Å². The molecule has 6 rings (SSSR count). The molecule has 6 atom stereocenters. The quantitative estimate of drug-likeness (QED) is 0.573. The van der Waals surface area contributed by atoms with Crippen LogP contribution < -0.4 is 10.2 Å². The Bertz CT molecular complexity index is 903. The lowest BCUT2D eigenvalue weighted by Gasteiger charge is -2.63. The second-order valence-corrected chi connectivity index (χ2v) is 13.6. The first-order valence-electron chi connectivity index (χ1n) is 14.1. The monoisotopic (exact) mass is 481 g/mol. The topological polar surface area (TPSA) is 55.8 Å². The molecule has 2 N–H and O–H groups in total. The van der Waals surface area contributed by atoms with E-state index in [2.05, 4.69) is 49.7 Å². The first kappa shape index (κ1) is 25.1. The molecule has 35 heavy (non-hydrogen) atoms. The molecule has 194 valence electrons. The minimum absolute atomic E-state index is 0.360. The van der Waals surface area contributed by atoms with Gasteiger partial charge in [-0.2, -0.15) is 0 Å². The van der Waals surface area contributed by atoms with Crippen molar-refractivity contribution in [2.24, 2.45) is 34.5 Å². The normalized spacial score (nSPS) is 36.4. The van der Waals surface area contributed by atoms with Gasteiger partial charge in [0.15, 0.2) is 0 Å². The van der Waals surface area contributed by atoms with E-state index in [1.165, 1.54) is 38.6 Å². The fraction of sp³-hybridized carbons (Fsp3) is 0.767. The number of benzene rings is 1. The van der Waals surface area contributed by atoms with Crippen LogP contribution in [0.3, 0.4) is 0 Å². The molecule has 0 radical (unpaired) electrons. The van der Waals surface area contributed by atoms with Crippen LogP contribution in [0.25, 0.3) is 0 Å². The summed E-state index contributed by atoms with van der Waals surface area (Å²) in [7, 11) is 0.